The molecule has 3 rings (SSSR count). The Balaban J connectivity index is 2.04. The fraction of sp³-hybridized carbons (Fsp3) is 0.0526. The topological polar surface area (TPSA) is 69.9 Å². The highest BCUT2D eigenvalue weighted by Gasteiger charge is 2.12. The van der Waals surface area contributed by atoms with Crippen molar-refractivity contribution >= 4 is 0 Å². The van der Waals surface area contributed by atoms with Gasteiger partial charge < -0.3 is 20.1 Å². The molecule has 0 aliphatic carbocycles. The van der Waals surface area contributed by atoms with Crippen LogP contribution in [-0.4, -0.2) is 22.4 Å². The molecule has 0 spiro atoms. The fourth-order valence-electron chi connectivity index (χ4n) is 2.45. The summed E-state index contributed by atoms with van der Waals surface area (Å²) in [6.45, 7) is 0. The number of hydrogen-bond donors (Lipinski definition) is 3. The van der Waals surface area contributed by atoms with Crippen molar-refractivity contribution in [3.05, 3.63) is 60.7 Å². The average molecular weight is 308 g/mol. The number of phenolic OH excluding ortho intramolecular Hbond substituents is 3. The maximum atomic E-state index is 10.3. The van der Waals surface area contributed by atoms with E-state index in [9.17, 15) is 15.3 Å². The van der Waals surface area contributed by atoms with Gasteiger partial charge in [-0.2, -0.15) is 0 Å². The highest BCUT2D eigenvalue weighted by molar-refractivity contribution is 5.80. The molecule has 4 heteroatoms. The van der Waals surface area contributed by atoms with E-state index in [4.69, 9.17) is 4.74 Å². The summed E-state index contributed by atoms with van der Waals surface area (Å²) in [5.41, 5.74) is 2.51. The van der Waals surface area contributed by atoms with E-state index < -0.39 is 0 Å². The smallest absolute Gasteiger partial charge is 0.124 e. The van der Waals surface area contributed by atoms with E-state index in [-0.39, 0.29) is 17.2 Å². The minimum atomic E-state index is 0.0549. The van der Waals surface area contributed by atoms with E-state index >= 15 is 0 Å². The Hall–Kier alpha value is -3.14. The molecule has 0 fully saturated rings. The third-order valence-corrected chi connectivity index (χ3v) is 3.69. The Morgan fingerprint density at radius 1 is 0.652 bits per heavy atom. The predicted molar refractivity (Wildman–Crippen MR) is 88.9 cm³/mol. The Morgan fingerprint density at radius 3 is 1.52 bits per heavy atom. The lowest BCUT2D eigenvalue weighted by Crippen LogP contribution is -1.85. The van der Waals surface area contributed by atoms with Crippen molar-refractivity contribution in [3.8, 4) is 45.3 Å². The fourth-order valence-corrected chi connectivity index (χ4v) is 2.45. The van der Waals surface area contributed by atoms with Crippen molar-refractivity contribution in [2.45, 2.75) is 0 Å². The normalized spacial score (nSPS) is 10.5. The Labute approximate surface area is 133 Å². The number of methoxy groups -OCH3 is 1. The minimum absolute atomic E-state index is 0.0549. The quantitative estimate of drug-likeness (QED) is 0.636. The average Bonchev–Trinajstić information content (AvgIpc) is 2.57. The lowest BCUT2D eigenvalue weighted by molar-refractivity contribution is 0.415. The first-order chi connectivity index (χ1) is 11.1. The van der Waals surface area contributed by atoms with E-state index in [2.05, 4.69) is 0 Å². The van der Waals surface area contributed by atoms with Crippen molar-refractivity contribution in [3.63, 3.8) is 0 Å². The second-order valence-corrected chi connectivity index (χ2v) is 5.16. The summed E-state index contributed by atoms with van der Waals surface area (Å²) in [5.74, 6) is 0.987. The highest BCUT2D eigenvalue weighted by Crippen LogP contribution is 2.40. The van der Waals surface area contributed by atoms with Crippen LogP contribution in [-0.2, 0) is 0 Å². The van der Waals surface area contributed by atoms with Crippen LogP contribution in [0, 0.1) is 0 Å². The lowest BCUT2D eigenvalue weighted by atomic mass is 9.98. The van der Waals surface area contributed by atoms with Crippen molar-refractivity contribution in [1.82, 2.24) is 0 Å². The molecule has 0 saturated heterocycles. The summed E-state index contributed by atoms with van der Waals surface area (Å²) in [6.07, 6.45) is 0. The minimum Gasteiger partial charge on any atom is -0.508 e. The van der Waals surface area contributed by atoms with E-state index in [1.807, 2.05) is 12.1 Å². The van der Waals surface area contributed by atoms with Crippen LogP contribution in [0.3, 0.4) is 0 Å². The Morgan fingerprint density at radius 2 is 1.09 bits per heavy atom. The van der Waals surface area contributed by atoms with Crippen molar-refractivity contribution in [2.75, 3.05) is 7.11 Å². The van der Waals surface area contributed by atoms with Gasteiger partial charge in [0, 0.05) is 11.1 Å². The number of benzene rings is 3. The summed E-state index contributed by atoms with van der Waals surface area (Å²) in [4.78, 5) is 0. The predicted octanol–water partition coefficient (Wildman–Crippen LogP) is 4.15. The van der Waals surface area contributed by atoms with Gasteiger partial charge >= 0.3 is 0 Å². The van der Waals surface area contributed by atoms with Crippen LogP contribution in [0.1, 0.15) is 0 Å². The Bertz CT molecular complexity index is 821. The molecular weight excluding hydrogens is 292 g/mol. The van der Waals surface area contributed by atoms with Crippen LogP contribution >= 0.6 is 0 Å². The van der Waals surface area contributed by atoms with Gasteiger partial charge in [0.15, 0.2) is 0 Å². The molecule has 0 aliphatic rings. The molecule has 4 nitrogen and oxygen atoms in total. The van der Waals surface area contributed by atoms with Gasteiger partial charge in [-0.3, -0.25) is 0 Å². The van der Waals surface area contributed by atoms with Crippen LogP contribution in [0.15, 0.2) is 60.7 Å². The maximum absolute atomic E-state index is 10.3. The van der Waals surface area contributed by atoms with Gasteiger partial charge in [-0.1, -0.05) is 24.3 Å². The SMILES string of the molecule is COc1ccc(-c2cc(O)c(-c3ccc(O)cc3)cc2O)cc1. The molecule has 3 aromatic carbocycles. The number of ether oxygens (including phenoxy) is 1. The summed E-state index contributed by atoms with van der Waals surface area (Å²) in [7, 11) is 1.59. The van der Waals surface area contributed by atoms with Gasteiger partial charge in [0.05, 0.1) is 7.11 Å². The van der Waals surface area contributed by atoms with Gasteiger partial charge in [0.25, 0.3) is 0 Å². The van der Waals surface area contributed by atoms with Gasteiger partial charge in [-0.25, -0.2) is 0 Å². The molecule has 0 heterocycles. The molecule has 3 aromatic rings. The number of phenols is 3. The largest absolute Gasteiger partial charge is 0.508 e. The van der Waals surface area contributed by atoms with Crippen LogP contribution in [0.2, 0.25) is 0 Å². The summed E-state index contributed by atoms with van der Waals surface area (Å²) in [5, 5.41) is 30.0. The lowest BCUT2D eigenvalue weighted by Gasteiger charge is -2.11. The van der Waals surface area contributed by atoms with E-state index in [1.54, 1.807) is 31.4 Å². The monoisotopic (exact) mass is 308 g/mol. The van der Waals surface area contributed by atoms with Gasteiger partial charge in [0.2, 0.25) is 0 Å². The van der Waals surface area contributed by atoms with Crippen LogP contribution in [0.25, 0.3) is 22.3 Å². The van der Waals surface area contributed by atoms with E-state index in [1.165, 1.54) is 24.3 Å². The number of hydrogen-bond acceptors (Lipinski definition) is 4. The first-order valence-corrected chi connectivity index (χ1v) is 7.08. The molecule has 0 bridgehead atoms. The molecule has 116 valence electrons. The first-order valence-electron chi connectivity index (χ1n) is 7.08. The van der Waals surface area contributed by atoms with Crippen LogP contribution in [0.5, 0.6) is 23.0 Å². The summed E-state index contributed by atoms with van der Waals surface area (Å²) in [6, 6.07) is 16.7. The standard InChI is InChI=1S/C19H16O4/c1-23-15-8-4-13(5-9-15)17-11-18(21)16(10-19(17)22)12-2-6-14(20)7-3-12/h2-11,20-22H,1H3. The molecule has 0 amide bonds. The highest BCUT2D eigenvalue weighted by atomic mass is 16.5. The summed E-state index contributed by atoms with van der Waals surface area (Å²) < 4.78 is 5.11. The van der Waals surface area contributed by atoms with Crippen LogP contribution in [0.4, 0.5) is 0 Å². The van der Waals surface area contributed by atoms with Gasteiger partial charge in [-0.15, -0.1) is 0 Å². The van der Waals surface area contributed by atoms with Crippen molar-refractivity contribution in [2.24, 2.45) is 0 Å². The van der Waals surface area contributed by atoms with Gasteiger partial charge in [-0.05, 0) is 47.5 Å². The second kappa shape index (κ2) is 5.93. The Kier molecular flexibility index (Phi) is 3.81. The summed E-state index contributed by atoms with van der Waals surface area (Å²) >= 11 is 0. The van der Waals surface area contributed by atoms with Crippen molar-refractivity contribution < 1.29 is 20.1 Å². The second-order valence-electron chi connectivity index (χ2n) is 5.16. The van der Waals surface area contributed by atoms with Gasteiger partial charge in [0.1, 0.15) is 23.0 Å². The third-order valence-electron chi connectivity index (χ3n) is 3.69. The van der Waals surface area contributed by atoms with Crippen molar-refractivity contribution in [1.29, 1.82) is 0 Å². The maximum Gasteiger partial charge on any atom is 0.124 e. The zero-order valence-electron chi connectivity index (χ0n) is 12.5. The zero-order chi connectivity index (χ0) is 16.4. The first kappa shape index (κ1) is 14.8. The molecule has 3 N–H and O–H groups in total. The molecular formula is C19H16O4. The third kappa shape index (κ3) is 2.92. The molecule has 0 unspecified atom stereocenters. The molecule has 0 radical (unpaired) electrons. The van der Waals surface area contributed by atoms with E-state index in [0.29, 0.717) is 16.7 Å². The molecule has 0 aromatic heterocycles. The number of rotatable bonds is 3. The molecule has 0 atom stereocenters. The zero-order valence-corrected chi connectivity index (χ0v) is 12.5. The molecule has 0 saturated carbocycles. The van der Waals surface area contributed by atoms with Crippen LogP contribution < -0.4 is 4.74 Å². The number of aromatic hydroxyl groups is 3. The molecule has 23 heavy (non-hydrogen) atoms. The molecule has 0 aliphatic heterocycles. The van der Waals surface area contributed by atoms with E-state index in [0.717, 1.165) is 11.3 Å².